The Bertz CT molecular complexity index is 520. The number of guanidine groups is 1. The molecule has 0 aliphatic rings. The first-order valence-electron chi connectivity index (χ1n) is 9.45. The molecule has 0 amide bonds. The van der Waals surface area contributed by atoms with Gasteiger partial charge in [0.2, 0.25) is 0 Å². The summed E-state index contributed by atoms with van der Waals surface area (Å²) in [5.41, 5.74) is 1.18. The highest BCUT2D eigenvalue weighted by molar-refractivity contribution is 5.79. The number of hydrogen-bond acceptors (Lipinski definition) is 4. The van der Waals surface area contributed by atoms with Crippen LogP contribution >= 0.6 is 0 Å². The second-order valence-electron chi connectivity index (χ2n) is 6.16. The Morgan fingerprint density at radius 1 is 1.19 bits per heavy atom. The predicted octanol–water partition coefficient (Wildman–Crippen LogP) is 2.74. The second-order valence-corrected chi connectivity index (χ2v) is 6.16. The quantitative estimate of drug-likeness (QED) is 0.259. The summed E-state index contributed by atoms with van der Waals surface area (Å²) in [6.07, 6.45) is 1.14. The lowest BCUT2D eigenvalue weighted by Gasteiger charge is -2.14. The van der Waals surface area contributed by atoms with Gasteiger partial charge in [0, 0.05) is 26.1 Å². The average Bonchev–Trinajstić information content (AvgIpc) is 2.64. The molecule has 0 bridgehead atoms. The molecule has 26 heavy (non-hydrogen) atoms. The Morgan fingerprint density at radius 2 is 1.96 bits per heavy atom. The van der Waals surface area contributed by atoms with Crippen LogP contribution in [0.1, 0.15) is 39.2 Å². The molecule has 0 spiro atoms. The van der Waals surface area contributed by atoms with Crippen LogP contribution in [-0.4, -0.2) is 44.8 Å². The lowest BCUT2D eigenvalue weighted by Crippen LogP contribution is -2.38. The predicted molar refractivity (Wildman–Crippen MR) is 105 cm³/mol. The van der Waals surface area contributed by atoms with E-state index >= 15 is 0 Å². The first-order chi connectivity index (χ1) is 12.7. The molecule has 1 unspecified atom stereocenters. The zero-order valence-electron chi connectivity index (χ0n) is 16.3. The molecule has 146 valence electrons. The van der Waals surface area contributed by atoms with Gasteiger partial charge in [-0.3, -0.25) is 9.79 Å². The molecule has 1 rings (SSSR count). The summed E-state index contributed by atoms with van der Waals surface area (Å²) < 4.78 is 10.7. The Balaban J connectivity index is 2.25. The molecule has 6 nitrogen and oxygen atoms in total. The number of carbonyl (C=O) groups excluding carboxylic acids is 1. The molecule has 0 aromatic heterocycles. The van der Waals surface area contributed by atoms with Crippen molar-refractivity contribution in [3.63, 3.8) is 0 Å². The van der Waals surface area contributed by atoms with Gasteiger partial charge in [-0.25, -0.2) is 0 Å². The topological polar surface area (TPSA) is 72.0 Å². The lowest BCUT2D eigenvalue weighted by molar-refractivity contribution is -0.143. The smallest absolute Gasteiger partial charge is 0.305 e. The lowest BCUT2D eigenvalue weighted by atomic mass is 10.2. The molecule has 0 radical (unpaired) electrons. The van der Waals surface area contributed by atoms with Gasteiger partial charge in [-0.1, -0.05) is 37.3 Å². The van der Waals surface area contributed by atoms with Crippen LogP contribution in [0.15, 0.2) is 35.3 Å². The van der Waals surface area contributed by atoms with Gasteiger partial charge in [0.25, 0.3) is 0 Å². The van der Waals surface area contributed by atoms with Crippen LogP contribution in [0.5, 0.6) is 0 Å². The Kier molecular flexibility index (Phi) is 11.9. The summed E-state index contributed by atoms with van der Waals surface area (Å²) in [4.78, 5) is 15.9. The first-order valence-corrected chi connectivity index (χ1v) is 9.45. The molecule has 0 fully saturated rings. The van der Waals surface area contributed by atoms with E-state index in [0.717, 1.165) is 18.9 Å². The summed E-state index contributed by atoms with van der Waals surface area (Å²) in [5.74, 6) is 0.945. The molecule has 0 aliphatic heterocycles. The minimum Gasteiger partial charge on any atom is -0.466 e. The molecule has 6 heteroatoms. The third-order valence-electron chi connectivity index (χ3n) is 3.57. The van der Waals surface area contributed by atoms with E-state index in [2.05, 4.69) is 34.7 Å². The van der Waals surface area contributed by atoms with E-state index in [1.54, 1.807) is 0 Å². The molecule has 0 heterocycles. The zero-order chi connectivity index (χ0) is 19.0. The van der Waals surface area contributed by atoms with Crippen molar-refractivity contribution in [2.24, 2.45) is 10.9 Å². The Labute approximate surface area is 157 Å². The maximum absolute atomic E-state index is 11.3. The van der Waals surface area contributed by atoms with Crippen molar-refractivity contribution in [2.45, 2.75) is 40.2 Å². The number of rotatable bonds is 12. The van der Waals surface area contributed by atoms with Crippen molar-refractivity contribution >= 4 is 11.9 Å². The molecular formula is C20H33N3O3. The number of carbonyl (C=O) groups is 1. The molecule has 0 aliphatic carbocycles. The van der Waals surface area contributed by atoms with E-state index in [4.69, 9.17) is 9.47 Å². The first kappa shape index (κ1) is 22.0. The van der Waals surface area contributed by atoms with Crippen molar-refractivity contribution in [3.05, 3.63) is 35.9 Å². The number of aliphatic imine (C=N–C) groups is 1. The van der Waals surface area contributed by atoms with Gasteiger partial charge in [0.05, 0.1) is 19.8 Å². The highest BCUT2D eigenvalue weighted by atomic mass is 16.5. The van der Waals surface area contributed by atoms with Crippen molar-refractivity contribution in [1.29, 1.82) is 0 Å². The van der Waals surface area contributed by atoms with E-state index in [0.29, 0.717) is 45.2 Å². The number of nitrogens with one attached hydrogen (secondary N) is 2. The number of esters is 1. The van der Waals surface area contributed by atoms with Crippen LogP contribution in [0.2, 0.25) is 0 Å². The van der Waals surface area contributed by atoms with Crippen LogP contribution in [0.3, 0.4) is 0 Å². The van der Waals surface area contributed by atoms with E-state index in [9.17, 15) is 4.79 Å². The number of ether oxygens (including phenoxy) is 2. The van der Waals surface area contributed by atoms with Crippen molar-refractivity contribution in [1.82, 2.24) is 10.6 Å². The third kappa shape index (κ3) is 10.7. The standard InChI is InChI=1S/C20H33N3O3/c1-4-21-20(22-13-9-12-19(24)26-5-2)23-14-17(3)15-25-16-18-10-7-6-8-11-18/h6-8,10-11,17H,4-5,9,12-16H2,1-3H3,(H2,21,22,23). The van der Waals surface area contributed by atoms with E-state index in [1.165, 1.54) is 5.56 Å². The second kappa shape index (κ2) is 14.1. The van der Waals surface area contributed by atoms with Gasteiger partial charge < -0.3 is 20.1 Å². The van der Waals surface area contributed by atoms with E-state index in [1.807, 2.05) is 32.0 Å². The molecule has 2 N–H and O–H groups in total. The minimum absolute atomic E-state index is 0.152. The Morgan fingerprint density at radius 3 is 2.65 bits per heavy atom. The third-order valence-corrected chi connectivity index (χ3v) is 3.57. The van der Waals surface area contributed by atoms with Crippen molar-refractivity contribution in [2.75, 3.05) is 32.8 Å². The van der Waals surface area contributed by atoms with Gasteiger partial charge in [0.15, 0.2) is 5.96 Å². The maximum atomic E-state index is 11.3. The molecule has 1 aromatic carbocycles. The fourth-order valence-corrected chi connectivity index (χ4v) is 2.27. The highest BCUT2D eigenvalue weighted by Gasteiger charge is 2.05. The van der Waals surface area contributed by atoms with Crippen LogP contribution < -0.4 is 10.6 Å². The minimum atomic E-state index is -0.152. The summed E-state index contributed by atoms with van der Waals surface area (Å²) in [7, 11) is 0. The van der Waals surface area contributed by atoms with Gasteiger partial charge in [0.1, 0.15) is 0 Å². The SMILES string of the molecule is CCNC(=NCC(C)COCc1ccccc1)NCCCC(=O)OCC. The molecule has 0 saturated carbocycles. The fraction of sp³-hybridized carbons (Fsp3) is 0.600. The molecule has 1 aromatic rings. The monoisotopic (exact) mass is 363 g/mol. The van der Waals surface area contributed by atoms with Gasteiger partial charge in [-0.15, -0.1) is 0 Å². The summed E-state index contributed by atoms with van der Waals surface area (Å²) in [6, 6.07) is 10.2. The average molecular weight is 364 g/mol. The summed E-state index contributed by atoms with van der Waals surface area (Å²) >= 11 is 0. The van der Waals surface area contributed by atoms with Crippen LogP contribution in [-0.2, 0) is 20.9 Å². The largest absolute Gasteiger partial charge is 0.466 e. The molecule has 0 saturated heterocycles. The van der Waals surface area contributed by atoms with Crippen molar-refractivity contribution in [3.8, 4) is 0 Å². The van der Waals surface area contributed by atoms with Crippen LogP contribution in [0, 0.1) is 5.92 Å². The maximum Gasteiger partial charge on any atom is 0.305 e. The number of hydrogen-bond donors (Lipinski definition) is 2. The summed E-state index contributed by atoms with van der Waals surface area (Å²) in [5, 5.41) is 6.46. The van der Waals surface area contributed by atoms with Crippen LogP contribution in [0.25, 0.3) is 0 Å². The molecular weight excluding hydrogens is 330 g/mol. The highest BCUT2D eigenvalue weighted by Crippen LogP contribution is 2.03. The zero-order valence-corrected chi connectivity index (χ0v) is 16.3. The normalized spacial score (nSPS) is 12.5. The fourth-order valence-electron chi connectivity index (χ4n) is 2.27. The summed E-state index contributed by atoms with van der Waals surface area (Å²) in [6.45, 7) is 9.86. The Hall–Kier alpha value is -2.08. The van der Waals surface area contributed by atoms with Gasteiger partial charge >= 0.3 is 5.97 Å². The van der Waals surface area contributed by atoms with Gasteiger partial charge in [-0.05, 0) is 31.7 Å². The van der Waals surface area contributed by atoms with E-state index in [-0.39, 0.29) is 5.97 Å². The van der Waals surface area contributed by atoms with Crippen molar-refractivity contribution < 1.29 is 14.3 Å². The van der Waals surface area contributed by atoms with E-state index < -0.39 is 0 Å². The molecule has 1 atom stereocenters. The number of nitrogens with zero attached hydrogens (tertiary/aromatic N) is 1. The number of benzene rings is 1. The van der Waals surface area contributed by atoms with Gasteiger partial charge in [-0.2, -0.15) is 0 Å². The van der Waals surface area contributed by atoms with Crippen LogP contribution in [0.4, 0.5) is 0 Å².